The number of aliphatic hydroxyl groups is 6. The van der Waals surface area contributed by atoms with E-state index in [2.05, 4.69) is 19.2 Å². The highest BCUT2D eigenvalue weighted by Crippen LogP contribution is 2.47. The smallest absolute Gasteiger partial charge is 0.387 e. The monoisotopic (exact) mass is 822 g/mol. The van der Waals surface area contributed by atoms with E-state index in [4.69, 9.17) is 9.05 Å². The molecule has 0 heterocycles. The summed E-state index contributed by atoms with van der Waals surface area (Å²) in [4.78, 5) is 23.3. The van der Waals surface area contributed by atoms with Gasteiger partial charge >= 0.3 is 7.82 Å². The molecular formula is C43H84NO11P. The van der Waals surface area contributed by atoms with Crippen molar-refractivity contribution in [1.29, 1.82) is 0 Å². The van der Waals surface area contributed by atoms with Crippen molar-refractivity contribution in [2.75, 3.05) is 6.61 Å². The molecule has 1 rings (SSSR count). The molecular weight excluding hydrogens is 737 g/mol. The van der Waals surface area contributed by atoms with Gasteiger partial charge in [0.05, 0.1) is 18.8 Å². The molecule has 0 aromatic carbocycles. The van der Waals surface area contributed by atoms with Crippen molar-refractivity contribution >= 4 is 13.7 Å². The number of rotatable bonds is 37. The van der Waals surface area contributed by atoms with Gasteiger partial charge in [-0.2, -0.15) is 0 Å². The molecule has 332 valence electrons. The second-order valence-electron chi connectivity index (χ2n) is 16.3. The Morgan fingerprint density at radius 2 is 0.946 bits per heavy atom. The second-order valence-corrected chi connectivity index (χ2v) is 17.7. The molecule has 0 saturated heterocycles. The molecule has 0 bridgehead atoms. The molecule has 1 amide bonds. The van der Waals surface area contributed by atoms with E-state index in [9.17, 15) is 44.9 Å². The van der Waals surface area contributed by atoms with Gasteiger partial charge in [-0.05, 0) is 19.3 Å². The van der Waals surface area contributed by atoms with Crippen LogP contribution >= 0.6 is 7.82 Å². The van der Waals surface area contributed by atoms with Crippen LogP contribution in [0.3, 0.4) is 0 Å². The van der Waals surface area contributed by atoms with Gasteiger partial charge in [-0.25, -0.2) is 4.57 Å². The predicted octanol–water partition coefficient (Wildman–Crippen LogP) is 8.06. The van der Waals surface area contributed by atoms with Gasteiger partial charge < -0.3 is 40.8 Å². The van der Waals surface area contributed by atoms with Crippen LogP contribution in [0.1, 0.15) is 200 Å². The fourth-order valence-corrected chi connectivity index (χ4v) is 8.28. The number of hydrogen-bond acceptors (Lipinski definition) is 10. The number of allylic oxidation sites excluding steroid dienone is 1. The number of carbonyl (C=O) groups excluding carboxylic acids is 1. The average molecular weight is 822 g/mol. The first-order chi connectivity index (χ1) is 26.9. The Labute approximate surface area is 339 Å². The lowest BCUT2D eigenvalue weighted by atomic mass is 9.85. The lowest BCUT2D eigenvalue weighted by Crippen LogP contribution is -2.64. The average Bonchev–Trinajstić information content (AvgIpc) is 3.18. The van der Waals surface area contributed by atoms with Crippen LogP contribution in [0.15, 0.2) is 12.2 Å². The van der Waals surface area contributed by atoms with Gasteiger partial charge in [-0.3, -0.25) is 13.8 Å². The summed E-state index contributed by atoms with van der Waals surface area (Å²) in [6.07, 6.45) is 24.5. The third-order valence-electron chi connectivity index (χ3n) is 11.1. The summed E-state index contributed by atoms with van der Waals surface area (Å²) >= 11 is 0. The van der Waals surface area contributed by atoms with Crippen molar-refractivity contribution in [1.82, 2.24) is 5.32 Å². The lowest BCUT2D eigenvalue weighted by Gasteiger charge is -2.41. The number of nitrogens with one attached hydrogen (secondary N) is 1. The van der Waals surface area contributed by atoms with Crippen LogP contribution in [0, 0.1) is 0 Å². The standard InChI is InChI=1S/C43H84NO11P/c1-3-5-7-9-11-13-14-15-16-17-18-19-20-21-22-23-25-27-29-31-33-37(46)44-35(36(45)32-30-28-26-24-12-10-8-6-4-2)34-54-56(52,53)55-43-41(50)39(48)38(47)40(49)42(43)51/h30,32,35-36,38-43,45,47-51H,3-29,31,33-34H2,1-2H3,(H,44,46)(H,52,53)/b32-30+/t35-,36+,38?,39+,40?,41?,42?,43?/m0/s1. The van der Waals surface area contributed by atoms with Crippen molar-refractivity contribution in [3.05, 3.63) is 12.2 Å². The van der Waals surface area contributed by atoms with E-state index >= 15 is 0 Å². The number of amides is 1. The minimum absolute atomic E-state index is 0.218. The Morgan fingerprint density at radius 3 is 1.36 bits per heavy atom. The van der Waals surface area contributed by atoms with E-state index < -0.39 is 63.2 Å². The Morgan fingerprint density at radius 1 is 0.589 bits per heavy atom. The van der Waals surface area contributed by atoms with Crippen molar-refractivity contribution < 1.29 is 53.9 Å². The maximum absolute atomic E-state index is 12.9. The van der Waals surface area contributed by atoms with Crippen LogP contribution in [-0.2, 0) is 18.4 Å². The summed E-state index contributed by atoms with van der Waals surface area (Å²) in [6, 6.07) is -1.11. The Balaban J connectivity index is 2.40. The fraction of sp³-hybridized carbons (Fsp3) is 0.930. The van der Waals surface area contributed by atoms with Crippen molar-refractivity contribution in [3.8, 4) is 0 Å². The predicted molar refractivity (Wildman–Crippen MR) is 223 cm³/mol. The highest BCUT2D eigenvalue weighted by Gasteiger charge is 2.51. The normalized spacial score (nSPS) is 23.7. The number of hydrogen-bond donors (Lipinski definition) is 8. The second kappa shape index (κ2) is 33.9. The van der Waals surface area contributed by atoms with Gasteiger partial charge in [0.1, 0.15) is 36.6 Å². The van der Waals surface area contributed by atoms with E-state index in [1.54, 1.807) is 0 Å². The van der Waals surface area contributed by atoms with E-state index in [0.29, 0.717) is 6.42 Å². The summed E-state index contributed by atoms with van der Waals surface area (Å²) in [5.41, 5.74) is 0. The number of phosphoric acid groups is 1. The summed E-state index contributed by atoms with van der Waals surface area (Å²) in [5.74, 6) is -0.340. The zero-order chi connectivity index (χ0) is 41.4. The summed E-state index contributed by atoms with van der Waals surface area (Å²) in [6.45, 7) is 3.80. The molecule has 0 spiro atoms. The molecule has 12 nitrogen and oxygen atoms in total. The highest BCUT2D eigenvalue weighted by atomic mass is 31.2. The zero-order valence-electron chi connectivity index (χ0n) is 35.2. The quantitative estimate of drug-likeness (QED) is 0.0171. The van der Waals surface area contributed by atoms with E-state index in [0.717, 1.165) is 44.9 Å². The molecule has 13 heteroatoms. The first-order valence-corrected chi connectivity index (χ1v) is 24.1. The van der Waals surface area contributed by atoms with E-state index in [1.807, 2.05) is 6.08 Å². The van der Waals surface area contributed by atoms with E-state index in [-0.39, 0.29) is 12.3 Å². The van der Waals surface area contributed by atoms with Crippen LogP contribution in [0.2, 0.25) is 0 Å². The van der Waals surface area contributed by atoms with Crippen molar-refractivity contribution in [3.63, 3.8) is 0 Å². The van der Waals surface area contributed by atoms with Gasteiger partial charge in [0.25, 0.3) is 0 Å². The molecule has 1 aliphatic carbocycles. The number of phosphoric ester groups is 1. The largest absolute Gasteiger partial charge is 0.472 e. The maximum Gasteiger partial charge on any atom is 0.472 e. The molecule has 56 heavy (non-hydrogen) atoms. The molecule has 9 atom stereocenters. The molecule has 0 radical (unpaired) electrons. The number of carbonyl (C=O) groups is 1. The topological polar surface area (TPSA) is 206 Å². The van der Waals surface area contributed by atoms with Crippen LogP contribution in [0.5, 0.6) is 0 Å². The van der Waals surface area contributed by atoms with Gasteiger partial charge in [0, 0.05) is 6.42 Å². The first-order valence-electron chi connectivity index (χ1n) is 22.6. The maximum atomic E-state index is 12.9. The molecule has 1 fully saturated rings. The number of aliphatic hydroxyl groups excluding tert-OH is 6. The van der Waals surface area contributed by atoms with E-state index in [1.165, 1.54) is 134 Å². The van der Waals surface area contributed by atoms with Crippen LogP contribution < -0.4 is 5.32 Å². The molecule has 0 aliphatic heterocycles. The van der Waals surface area contributed by atoms with Gasteiger partial charge in [-0.15, -0.1) is 0 Å². The van der Waals surface area contributed by atoms with Crippen molar-refractivity contribution in [2.45, 2.75) is 249 Å². The number of unbranched alkanes of at least 4 members (excludes halogenated alkanes) is 26. The minimum Gasteiger partial charge on any atom is -0.387 e. The molecule has 0 aromatic heterocycles. The van der Waals surface area contributed by atoms with Crippen LogP contribution in [0.4, 0.5) is 0 Å². The fourth-order valence-electron chi connectivity index (χ4n) is 7.31. The Kier molecular flexibility index (Phi) is 32.1. The zero-order valence-corrected chi connectivity index (χ0v) is 36.1. The van der Waals surface area contributed by atoms with Crippen molar-refractivity contribution in [2.24, 2.45) is 0 Å². The third kappa shape index (κ3) is 25.5. The molecule has 1 saturated carbocycles. The Hall–Kier alpha value is -0.920. The SMILES string of the molecule is CCCCCCCCC/C=C/[C@@H](O)[C@H](COP(=O)(O)OC1C(O)C(O)C(O)[C@@H](O)C1O)NC(=O)CCCCCCCCCCCCCCCCCCCCCC. The third-order valence-corrected chi connectivity index (χ3v) is 12.1. The highest BCUT2D eigenvalue weighted by molar-refractivity contribution is 7.47. The van der Waals surface area contributed by atoms with Gasteiger partial charge in [0.15, 0.2) is 0 Å². The molecule has 8 N–H and O–H groups in total. The Bertz CT molecular complexity index is 1000. The van der Waals surface area contributed by atoms with Gasteiger partial charge in [0.2, 0.25) is 5.91 Å². The lowest BCUT2D eigenvalue weighted by molar-refractivity contribution is -0.220. The summed E-state index contributed by atoms with van der Waals surface area (Å²) < 4.78 is 22.8. The summed E-state index contributed by atoms with van der Waals surface area (Å²) in [7, 11) is -5.07. The minimum atomic E-state index is -5.07. The molecule has 0 aromatic rings. The first kappa shape index (κ1) is 53.1. The van der Waals surface area contributed by atoms with Gasteiger partial charge in [-0.1, -0.05) is 187 Å². The molecule has 6 unspecified atom stereocenters. The molecule has 1 aliphatic rings. The van der Waals surface area contributed by atoms with Crippen LogP contribution in [-0.4, -0.2) is 96.8 Å². The van der Waals surface area contributed by atoms with Crippen LogP contribution in [0.25, 0.3) is 0 Å². The summed E-state index contributed by atoms with van der Waals surface area (Å²) in [5, 5.41) is 63.8.